The van der Waals surface area contributed by atoms with Crippen LogP contribution < -0.4 is 4.74 Å². The van der Waals surface area contributed by atoms with Gasteiger partial charge in [0, 0.05) is 5.38 Å². The monoisotopic (exact) mass is 340 g/mol. The predicted octanol–water partition coefficient (Wildman–Crippen LogP) is 5.05. The van der Waals surface area contributed by atoms with Crippen molar-refractivity contribution >= 4 is 50.3 Å². The van der Waals surface area contributed by atoms with Gasteiger partial charge in [-0.15, -0.1) is 0 Å². The van der Waals surface area contributed by atoms with E-state index < -0.39 is 0 Å². The molecule has 0 aliphatic carbocycles. The van der Waals surface area contributed by atoms with Crippen LogP contribution in [0.5, 0.6) is 10.9 Å². The van der Waals surface area contributed by atoms with Crippen LogP contribution in [0.4, 0.5) is 5.69 Å². The summed E-state index contributed by atoms with van der Waals surface area (Å²) in [5.74, 6) is 0.746. The molecule has 0 bridgehead atoms. The van der Waals surface area contributed by atoms with Crippen LogP contribution in [0.25, 0.3) is 0 Å². The van der Waals surface area contributed by atoms with Gasteiger partial charge in [-0.3, -0.25) is 0 Å². The second-order valence-electron chi connectivity index (χ2n) is 3.65. The van der Waals surface area contributed by atoms with Crippen molar-refractivity contribution in [2.75, 3.05) is 0 Å². The lowest BCUT2D eigenvalue weighted by molar-refractivity contribution is 0.477. The highest BCUT2D eigenvalue weighted by molar-refractivity contribution is 9.10. The van der Waals surface area contributed by atoms with Crippen LogP contribution in [0.15, 0.2) is 27.1 Å². The van der Waals surface area contributed by atoms with E-state index in [1.165, 1.54) is 11.3 Å². The van der Waals surface area contributed by atoms with E-state index in [1.807, 2.05) is 31.4 Å². The molecule has 18 heavy (non-hydrogen) atoms. The highest BCUT2D eigenvalue weighted by atomic mass is 79.9. The predicted molar refractivity (Wildman–Crippen MR) is 80.5 cm³/mol. The van der Waals surface area contributed by atoms with Gasteiger partial charge in [-0.2, -0.15) is 9.98 Å². The summed E-state index contributed by atoms with van der Waals surface area (Å²) in [6.45, 7) is 3.92. The number of hydrogen-bond acceptors (Lipinski definition) is 5. The molecule has 6 heteroatoms. The summed E-state index contributed by atoms with van der Waals surface area (Å²) in [6, 6.07) is 3.82. The van der Waals surface area contributed by atoms with Crippen LogP contribution in [0.1, 0.15) is 11.1 Å². The van der Waals surface area contributed by atoms with Gasteiger partial charge in [0.05, 0.1) is 10.8 Å². The van der Waals surface area contributed by atoms with Crippen molar-refractivity contribution in [3.05, 3.63) is 33.2 Å². The average Bonchev–Trinajstić information content (AvgIpc) is 2.69. The van der Waals surface area contributed by atoms with Gasteiger partial charge in [-0.1, -0.05) is 11.3 Å². The third-order valence-electron chi connectivity index (χ3n) is 2.28. The van der Waals surface area contributed by atoms with Gasteiger partial charge in [0.15, 0.2) is 0 Å². The van der Waals surface area contributed by atoms with Gasteiger partial charge in [-0.25, -0.2) is 0 Å². The Morgan fingerprint density at radius 3 is 2.56 bits per heavy atom. The van der Waals surface area contributed by atoms with Crippen molar-refractivity contribution in [3.63, 3.8) is 0 Å². The summed E-state index contributed by atoms with van der Waals surface area (Å²) in [4.78, 5) is 8.23. The molecule has 1 aromatic carbocycles. The molecule has 0 unspecified atom stereocenters. The van der Waals surface area contributed by atoms with Gasteiger partial charge >= 0.3 is 0 Å². The first-order valence-corrected chi connectivity index (χ1v) is 7.16. The van der Waals surface area contributed by atoms with E-state index in [9.17, 15) is 0 Å². The van der Waals surface area contributed by atoms with E-state index in [0.717, 1.165) is 27.2 Å². The molecule has 0 saturated carbocycles. The van der Waals surface area contributed by atoms with E-state index in [1.54, 1.807) is 0 Å². The molecule has 0 spiro atoms. The number of hydrogen-bond donors (Lipinski definition) is 0. The minimum Gasteiger partial charge on any atom is -0.431 e. The van der Waals surface area contributed by atoms with E-state index in [-0.39, 0.29) is 0 Å². The zero-order chi connectivity index (χ0) is 13.1. The Balaban J connectivity index is 2.33. The van der Waals surface area contributed by atoms with Crippen molar-refractivity contribution in [3.8, 4) is 10.9 Å². The van der Waals surface area contributed by atoms with E-state index >= 15 is 0 Å². The standard InChI is InChI=1S/C12H9BrN2OS2/c1-7-3-9(4-8(2)11(7)14-6-17)16-12-15-10(13)5-18-12/h3-5H,1-2H3. The van der Waals surface area contributed by atoms with Crippen LogP contribution in [0.2, 0.25) is 0 Å². The van der Waals surface area contributed by atoms with E-state index in [0.29, 0.717) is 5.19 Å². The molecule has 0 aliphatic rings. The molecular weight excluding hydrogens is 332 g/mol. The number of ether oxygens (including phenoxy) is 1. The van der Waals surface area contributed by atoms with Crippen LogP contribution in [-0.4, -0.2) is 10.1 Å². The number of thiazole rings is 1. The van der Waals surface area contributed by atoms with Crippen LogP contribution in [0, 0.1) is 13.8 Å². The Kier molecular flexibility index (Phi) is 4.24. The first-order valence-electron chi connectivity index (χ1n) is 5.08. The lowest BCUT2D eigenvalue weighted by Crippen LogP contribution is -1.87. The fraction of sp³-hybridized carbons (Fsp3) is 0.167. The summed E-state index contributed by atoms with van der Waals surface area (Å²) < 4.78 is 6.46. The topological polar surface area (TPSA) is 34.5 Å². The van der Waals surface area contributed by atoms with Gasteiger partial charge in [0.2, 0.25) is 0 Å². The third-order valence-corrected chi connectivity index (χ3v) is 3.80. The Labute approximate surface area is 123 Å². The molecular formula is C12H9BrN2OS2. The number of aromatic nitrogens is 1. The lowest BCUT2D eigenvalue weighted by atomic mass is 10.1. The Morgan fingerprint density at radius 1 is 1.39 bits per heavy atom. The zero-order valence-electron chi connectivity index (χ0n) is 9.73. The van der Waals surface area contributed by atoms with Crippen molar-refractivity contribution in [1.29, 1.82) is 0 Å². The van der Waals surface area contributed by atoms with Gasteiger partial charge in [-0.05, 0) is 65.3 Å². The maximum absolute atomic E-state index is 5.68. The first kappa shape index (κ1) is 13.4. The summed E-state index contributed by atoms with van der Waals surface area (Å²) in [5.41, 5.74) is 2.84. The molecule has 0 N–H and O–H groups in total. The molecule has 3 nitrogen and oxygen atoms in total. The lowest BCUT2D eigenvalue weighted by Gasteiger charge is -2.07. The van der Waals surface area contributed by atoms with Crippen molar-refractivity contribution in [1.82, 2.24) is 4.98 Å². The number of halogens is 1. The molecule has 0 saturated heterocycles. The van der Waals surface area contributed by atoms with Gasteiger partial charge < -0.3 is 4.74 Å². The largest absolute Gasteiger partial charge is 0.431 e. The summed E-state index contributed by atoms with van der Waals surface area (Å²) in [5, 5.41) is 4.87. The molecule has 0 fully saturated rings. The highest BCUT2D eigenvalue weighted by Gasteiger charge is 2.07. The number of benzene rings is 1. The molecule has 2 rings (SSSR count). The maximum Gasteiger partial charge on any atom is 0.279 e. The Bertz CT molecular complexity index is 610. The smallest absolute Gasteiger partial charge is 0.279 e. The Morgan fingerprint density at radius 2 is 2.06 bits per heavy atom. The van der Waals surface area contributed by atoms with Crippen LogP contribution in [0.3, 0.4) is 0 Å². The fourth-order valence-corrected chi connectivity index (χ4v) is 2.78. The molecule has 92 valence electrons. The number of nitrogens with zero attached hydrogens (tertiary/aromatic N) is 2. The molecule has 1 heterocycles. The van der Waals surface area contributed by atoms with Crippen LogP contribution >= 0.6 is 39.5 Å². The van der Waals surface area contributed by atoms with Crippen molar-refractivity contribution in [2.45, 2.75) is 13.8 Å². The van der Waals surface area contributed by atoms with E-state index in [4.69, 9.17) is 4.74 Å². The Hall–Kier alpha value is -1.07. The number of isothiocyanates is 1. The SMILES string of the molecule is Cc1cc(Oc2nc(Br)cs2)cc(C)c1N=C=S. The molecule has 0 amide bonds. The number of aryl methyl sites for hydroxylation is 2. The van der Waals surface area contributed by atoms with Crippen molar-refractivity contribution in [2.24, 2.45) is 4.99 Å². The second kappa shape index (κ2) is 5.71. The highest BCUT2D eigenvalue weighted by Crippen LogP contribution is 2.32. The number of thiocarbonyl (C=S) groups is 1. The normalized spacial score (nSPS) is 9.94. The summed E-state index contributed by atoms with van der Waals surface area (Å²) >= 11 is 9.36. The minimum atomic E-state index is 0.603. The summed E-state index contributed by atoms with van der Waals surface area (Å²) in [7, 11) is 0. The summed E-state index contributed by atoms with van der Waals surface area (Å²) in [6.07, 6.45) is 0. The van der Waals surface area contributed by atoms with E-state index in [2.05, 4.69) is 43.3 Å². The third kappa shape index (κ3) is 3.03. The van der Waals surface area contributed by atoms with Crippen LogP contribution in [-0.2, 0) is 0 Å². The quantitative estimate of drug-likeness (QED) is 0.579. The first-order chi connectivity index (χ1) is 8.60. The zero-order valence-corrected chi connectivity index (χ0v) is 12.9. The minimum absolute atomic E-state index is 0.603. The average molecular weight is 341 g/mol. The molecule has 0 atom stereocenters. The molecule has 0 radical (unpaired) electrons. The second-order valence-corrected chi connectivity index (χ2v) is 5.46. The molecule has 2 aromatic rings. The number of aliphatic imine (C=N–C) groups is 1. The van der Waals surface area contributed by atoms with Gasteiger partial charge in [0.25, 0.3) is 5.19 Å². The van der Waals surface area contributed by atoms with Crippen molar-refractivity contribution < 1.29 is 4.74 Å². The number of rotatable bonds is 3. The molecule has 1 aromatic heterocycles. The fourth-order valence-electron chi connectivity index (χ4n) is 1.58. The molecule has 0 aliphatic heterocycles. The maximum atomic E-state index is 5.68. The van der Waals surface area contributed by atoms with Gasteiger partial charge in [0.1, 0.15) is 10.4 Å².